The Kier molecular flexibility index (Phi) is 5.59. The number of hydrogen-bond acceptors (Lipinski definition) is 4. The van der Waals surface area contributed by atoms with Crippen LogP contribution >= 0.6 is 0 Å². The first kappa shape index (κ1) is 16.2. The Morgan fingerprint density at radius 3 is 2.86 bits per heavy atom. The van der Waals surface area contributed by atoms with Crippen molar-refractivity contribution in [2.45, 2.75) is 52.2 Å². The molecule has 0 saturated carbocycles. The molecule has 1 aliphatic heterocycles. The van der Waals surface area contributed by atoms with Crippen molar-refractivity contribution >= 4 is 0 Å². The molecule has 2 heterocycles. The van der Waals surface area contributed by atoms with Crippen molar-refractivity contribution in [1.29, 1.82) is 0 Å². The third-order valence-corrected chi connectivity index (χ3v) is 4.71. The number of nitrogens with zero attached hydrogens (tertiary/aromatic N) is 1. The second-order valence-corrected chi connectivity index (χ2v) is 5.92. The second kappa shape index (κ2) is 7.23. The molecule has 1 aliphatic rings. The summed E-state index contributed by atoms with van der Waals surface area (Å²) >= 11 is 0. The molecular weight excluding hydrogens is 264 g/mol. The van der Waals surface area contributed by atoms with Gasteiger partial charge in [0.25, 0.3) is 0 Å². The summed E-state index contributed by atoms with van der Waals surface area (Å²) in [6, 6.07) is 0.399. The third-order valence-electron chi connectivity index (χ3n) is 4.71. The van der Waals surface area contributed by atoms with Gasteiger partial charge in [0, 0.05) is 48.0 Å². The van der Waals surface area contributed by atoms with Crippen molar-refractivity contribution < 1.29 is 9.47 Å². The predicted octanol–water partition coefficient (Wildman–Crippen LogP) is 2.65. The summed E-state index contributed by atoms with van der Waals surface area (Å²) in [6.45, 7) is 7.22. The Labute approximate surface area is 128 Å². The number of likely N-dealkylation sites (N-methyl/N-ethyl adjacent to an activating group) is 1. The topological polar surface area (TPSA) is 43.4 Å². The molecule has 1 aromatic rings. The maximum Gasteiger partial charge on any atom is 0.128 e. The van der Waals surface area contributed by atoms with Crippen molar-refractivity contribution in [3.8, 4) is 5.75 Å². The summed E-state index contributed by atoms with van der Waals surface area (Å²) in [5, 5.41) is 3.48. The first-order chi connectivity index (χ1) is 10.1. The molecule has 1 saturated heterocycles. The van der Waals surface area contributed by atoms with Crippen LogP contribution in [0.25, 0.3) is 0 Å². The monoisotopic (exact) mass is 292 g/mol. The number of aromatic nitrogens is 1. The fraction of sp³-hybridized carbons (Fsp3) is 0.706. The van der Waals surface area contributed by atoms with Gasteiger partial charge in [-0.05, 0) is 33.7 Å². The summed E-state index contributed by atoms with van der Waals surface area (Å²) in [4.78, 5) is 4.64. The van der Waals surface area contributed by atoms with Crippen LogP contribution in [-0.4, -0.2) is 37.9 Å². The van der Waals surface area contributed by atoms with Crippen molar-refractivity contribution in [2.75, 3.05) is 20.8 Å². The van der Waals surface area contributed by atoms with Crippen LogP contribution in [0.1, 0.15) is 36.6 Å². The van der Waals surface area contributed by atoms with Crippen molar-refractivity contribution in [3.05, 3.63) is 23.0 Å². The van der Waals surface area contributed by atoms with Crippen LogP contribution in [0, 0.1) is 19.8 Å². The molecule has 2 rings (SSSR count). The van der Waals surface area contributed by atoms with Crippen LogP contribution in [0.2, 0.25) is 0 Å². The zero-order valence-electron chi connectivity index (χ0n) is 13.9. The first-order valence-electron chi connectivity index (χ1n) is 7.90. The Morgan fingerprint density at radius 1 is 1.48 bits per heavy atom. The number of aryl methyl sites for hydroxylation is 1. The van der Waals surface area contributed by atoms with E-state index in [0.29, 0.717) is 18.1 Å². The van der Waals surface area contributed by atoms with Gasteiger partial charge in [-0.25, -0.2) is 0 Å². The van der Waals surface area contributed by atoms with E-state index < -0.39 is 0 Å². The molecule has 1 N–H and O–H groups in total. The highest BCUT2D eigenvalue weighted by Gasteiger charge is 2.33. The van der Waals surface area contributed by atoms with Crippen LogP contribution < -0.4 is 10.1 Å². The largest absolute Gasteiger partial charge is 0.496 e. The molecular formula is C17H28N2O2. The first-order valence-corrected chi connectivity index (χ1v) is 7.90. The SMILES string of the molecule is CCC1OCCC1C(Cc1ncc(C)c(OC)c1C)NC. The molecule has 118 valence electrons. The van der Waals surface area contributed by atoms with Crippen LogP contribution in [-0.2, 0) is 11.2 Å². The zero-order valence-corrected chi connectivity index (χ0v) is 13.9. The van der Waals surface area contributed by atoms with Crippen LogP contribution in [0.3, 0.4) is 0 Å². The number of rotatable bonds is 6. The highest BCUT2D eigenvalue weighted by molar-refractivity contribution is 5.41. The summed E-state index contributed by atoms with van der Waals surface area (Å²) in [5.74, 6) is 1.53. The standard InChI is InChI=1S/C17H28N2O2/c1-6-16-13(7-8-21-16)15(18-4)9-14-12(3)17(20-5)11(2)10-19-14/h10,13,15-16,18H,6-9H2,1-5H3. The van der Waals surface area contributed by atoms with E-state index in [1.165, 1.54) is 0 Å². The summed E-state index contributed by atoms with van der Waals surface area (Å²) < 4.78 is 11.4. The maximum absolute atomic E-state index is 5.84. The summed E-state index contributed by atoms with van der Waals surface area (Å²) in [5.41, 5.74) is 3.37. The smallest absolute Gasteiger partial charge is 0.128 e. The second-order valence-electron chi connectivity index (χ2n) is 5.92. The summed E-state index contributed by atoms with van der Waals surface area (Å²) in [7, 11) is 3.77. The Balaban J connectivity index is 2.19. The quantitative estimate of drug-likeness (QED) is 0.875. The minimum atomic E-state index is 0.370. The van der Waals surface area contributed by atoms with Gasteiger partial charge in [0.1, 0.15) is 5.75 Å². The van der Waals surface area contributed by atoms with Crippen molar-refractivity contribution in [2.24, 2.45) is 5.92 Å². The van der Waals surface area contributed by atoms with Crippen molar-refractivity contribution in [1.82, 2.24) is 10.3 Å². The number of pyridine rings is 1. The van der Waals surface area contributed by atoms with Gasteiger partial charge in [-0.2, -0.15) is 0 Å². The number of hydrogen-bond donors (Lipinski definition) is 1. The van der Waals surface area contributed by atoms with E-state index in [2.05, 4.69) is 24.1 Å². The van der Waals surface area contributed by atoms with Crippen LogP contribution in [0.15, 0.2) is 6.20 Å². The number of nitrogens with one attached hydrogen (secondary N) is 1. The van der Waals surface area contributed by atoms with Gasteiger partial charge in [-0.15, -0.1) is 0 Å². The van der Waals surface area contributed by atoms with Gasteiger partial charge in [0.15, 0.2) is 0 Å². The molecule has 3 unspecified atom stereocenters. The lowest BCUT2D eigenvalue weighted by molar-refractivity contribution is 0.0782. The minimum Gasteiger partial charge on any atom is -0.496 e. The van der Waals surface area contributed by atoms with E-state index in [4.69, 9.17) is 9.47 Å². The fourth-order valence-electron chi connectivity index (χ4n) is 3.50. The molecule has 21 heavy (non-hydrogen) atoms. The van der Waals surface area contributed by atoms with E-state index >= 15 is 0 Å². The average molecular weight is 292 g/mol. The van der Waals surface area contributed by atoms with Gasteiger partial charge in [0.2, 0.25) is 0 Å². The van der Waals surface area contributed by atoms with E-state index in [0.717, 1.165) is 48.4 Å². The average Bonchev–Trinajstić information content (AvgIpc) is 2.95. The molecule has 0 spiro atoms. The van der Waals surface area contributed by atoms with Gasteiger partial charge in [-0.3, -0.25) is 4.98 Å². The number of methoxy groups -OCH3 is 1. The van der Waals surface area contributed by atoms with Crippen LogP contribution in [0.4, 0.5) is 0 Å². The molecule has 1 aromatic heterocycles. The molecule has 4 nitrogen and oxygen atoms in total. The Hall–Kier alpha value is -1.13. The van der Waals surface area contributed by atoms with E-state index in [-0.39, 0.29) is 0 Å². The molecule has 1 fully saturated rings. The molecule has 4 heteroatoms. The minimum absolute atomic E-state index is 0.370. The van der Waals surface area contributed by atoms with E-state index in [1.807, 2.05) is 20.2 Å². The summed E-state index contributed by atoms with van der Waals surface area (Å²) in [6.07, 6.45) is 5.41. The van der Waals surface area contributed by atoms with Crippen molar-refractivity contribution in [3.63, 3.8) is 0 Å². The molecule has 0 aromatic carbocycles. The van der Waals surface area contributed by atoms with Gasteiger partial charge in [0.05, 0.1) is 13.2 Å². The normalized spacial score (nSPS) is 23.3. The molecule has 0 radical (unpaired) electrons. The fourth-order valence-corrected chi connectivity index (χ4v) is 3.50. The highest BCUT2D eigenvalue weighted by atomic mass is 16.5. The van der Waals surface area contributed by atoms with Gasteiger partial charge < -0.3 is 14.8 Å². The lowest BCUT2D eigenvalue weighted by Gasteiger charge is -2.27. The Bertz CT molecular complexity index is 476. The lowest BCUT2D eigenvalue weighted by Crippen LogP contribution is -2.39. The molecule has 0 aliphatic carbocycles. The highest BCUT2D eigenvalue weighted by Crippen LogP contribution is 2.30. The van der Waals surface area contributed by atoms with Gasteiger partial charge >= 0.3 is 0 Å². The number of ether oxygens (including phenoxy) is 2. The lowest BCUT2D eigenvalue weighted by atomic mass is 9.87. The molecule has 3 atom stereocenters. The zero-order chi connectivity index (χ0) is 15.4. The van der Waals surface area contributed by atoms with Gasteiger partial charge in [-0.1, -0.05) is 6.92 Å². The maximum atomic E-state index is 5.84. The Morgan fingerprint density at radius 2 is 2.24 bits per heavy atom. The molecule has 0 amide bonds. The van der Waals surface area contributed by atoms with E-state index in [1.54, 1.807) is 7.11 Å². The van der Waals surface area contributed by atoms with E-state index in [9.17, 15) is 0 Å². The van der Waals surface area contributed by atoms with Crippen LogP contribution in [0.5, 0.6) is 5.75 Å². The predicted molar refractivity (Wildman–Crippen MR) is 85.0 cm³/mol. The molecule has 0 bridgehead atoms. The third kappa shape index (κ3) is 3.38.